The molecule has 168 valence electrons. The summed E-state index contributed by atoms with van der Waals surface area (Å²) in [6.45, 7) is 1.87. The van der Waals surface area contributed by atoms with Crippen molar-refractivity contribution in [2.45, 2.75) is 24.8 Å². The average molecular weight is 446 g/mol. The number of nitrogens with one attached hydrogen (secondary N) is 2. The molecule has 1 aromatic carbocycles. The van der Waals surface area contributed by atoms with Crippen molar-refractivity contribution < 1.29 is 19.5 Å². The molecule has 33 heavy (non-hydrogen) atoms. The maximum atomic E-state index is 13.5. The number of pyridine rings is 2. The van der Waals surface area contributed by atoms with Gasteiger partial charge in [-0.15, -0.1) is 0 Å². The van der Waals surface area contributed by atoms with E-state index < -0.39 is 17.0 Å². The highest BCUT2D eigenvalue weighted by molar-refractivity contribution is 6.08. The number of hydrogen-bond donors (Lipinski definition) is 3. The third kappa shape index (κ3) is 3.57. The number of amides is 2. The first-order chi connectivity index (χ1) is 15.9. The molecule has 2 aliphatic rings. The van der Waals surface area contributed by atoms with Gasteiger partial charge in [-0.2, -0.15) is 0 Å². The van der Waals surface area contributed by atoms with Crippen molar-refractivity contribution in [2.24, 2.45) is 0 Å². The predicted octanol–water partition coefficient (Wildman–Crippen LogP) is 2.26. The molecular formula is C24H22N4O5. The molecule has 9 heteroatoms. The van der Waals surface area contributed by atoms with Crippen molar-refractivity contribution in [1.29, 1.82) is 0 Å². The zero-order chi connectivity index (χ0) is 23.6. The second kappa shape index (κ2) is 8.70. The summed E-state index contributed by atoms with van der Waals surface area (Å²) < 4.78 is 0. The Morgan fingerprint density at radius 1 is 1.18 bits per heavy atom. The van der Waals surface area contributed by atoms with Crippen molar-refractivity contribution in [3.63, 3.8) is 0 Å². The molecular weight excluding hydrogens is 424 g/mol. The number of nitrogens with zero attached hydrogens (tertiary/aromatic N) is 2. The molecule has 4 heterocycles. The molecule has 0 bridgehead atoms. The quantitative estimate of drug-likeness (QED) is 0.517. The lowest BCUT2D eigenvalue weighted by molar-refractivity contribution is -0.123. The number of aromatic nitrogens is 2. The Hall–Kier alpha value is -4.27. The minimum Gasteiger partial charge on any atom is -0.483 e. The van der Waals surface area contributed by atoms with Crippen molar-refractivity contribution in [1.82, 2.24) is 14.9 Å². The number of fused-ring (bicyclic) bond motifs is 2. The monoisotopic (exact) mass is 446 g/mol. The van der Waals surface area contributed by atoms with E-state index in [-0.39, 0.29) is 23.9 Å². The van der Waals surface area contributed by atoms with Crippen LogP contribution >= 0.6 is 0 Å². The van der Waals surface area contributed by atoms with Gasteiger partial charge in [-0.1, -0.05) is 24.3 Å². The predicted molar refractivity (Wildman–Crippen MR) is 120 cm³/mol. The lowest BCUT2D eigenvalue weighted by atomic mass is 9.73. The average Bonchev–Trinajstić information content (AvgIpc) is 3.34. The first-order valence-corrected chi connectivity index (χ1v) is 10.3. The summed E-state index contributed by atoms with van der Waals surface area (Å²) in [6.07, 6.45) is 3.81. The Morgan fingerprint density at radius 2 is 1.94 bits per heavy atom. The third-order valence-corrected chi connectivity index (χ3v) is 6.13. The highest BCUT2D eigenvalue weighted by Crippen LogP contribution is 2.54. The van der Waals surface area contributed by atoms with E-state index in [9.17, 15) is 14.4 Å². The van der Waals surface area contributed by atoms with Gasteiger partial charge in [0.15, 0.2) is 0 Å². The molecule has 2 unspecified atom stereocenters. The van der Waals surface area contributed by atoms with Gasteiger partial charge in [-0.05, 0) is 48.7 Å². The van der Waals surface area contributed by atoms with Gasteiger partial charge in [0, 0.05) is 30.3 Å². The fourth-order valence-corrected chi connectivity index (χ4v) is 4.80. The smallest absolute Gasteiger partial charge is 0.290 e. The topological polar surface area (TPSA) is 132 Å². The van der Waals surface area contributed by atoms with E-state index in [2.05, 4.69) is 15.3 Å². The van der Waals surface area contributed by atoms with Crippen LogP contribution in [-0.4, -0.2) is 44.8 Å². The van der Waals surface area contributed by atoms with Crippen LogP contribution in [0.4, 0.5) is 5.69 Å². The van der Waals surface area contributed by atoms with E-state index >= 15 is 0 Å². The van der Waals surface area contributed by atoms with E-state index in [0.717, 1.165) is 16.8 Å². The number of likely N-dealkylation sites (tertiary alicyclic amines) is 1. The van der Waals surface area contributed by atoms with Gasteiger partial charge < -0.3 is 20.3 Å². The highest BCUT2D eigenvalue weighted by Gasteiger charge is 2.59. The summed E-state index contributed by atoms with van der Waals surface area (Å²) in [5.74, 6) is -0.523. The fourth-order valence-electron chi connectivity index (χ4n) is 4.80. The fraction of sp³-hybridized carbons (Fsp3) is 0.208. The third-order valence-electron chi connectivity index (χ3n) is 6.13. The Kier molecular flexibility index (Phi) is 5.78. The Morgan fingerprint density at radius 3 is 2.64 bits per heavy atom. The normalized spacial score (nSPS) is 20.6. The highest BCUT2D eigenvalue weighted by atomic mass is 16.3. The van der Waals surface area contributed by atoms with Crippen LogP contribution in [0.3, 0.4) is 0 Å². The van der Waals surface area contributed by atoms with Crippen molar-refractivity contribution >= 4 is 24.0 Å². The summed E-state index contributed by atoms with van der Waals surface area (Å²) in [6, 6.07) is 13.9. The molecule has 0 saturated carbocycles. The van der Waals surface area contributed by atoms with Gasteiger partial charge in [0.2, 0.25) is 5.91 Å². The zero-order valence-corrected chi connectivity index (χ0v) is 17.8. The number of H-pyrrole nitrogens is 1. The largest absolute Gasteiger partial charge is 0.483 e. The number of aromatic amines is 1. The number of rotatable bonds is 2. The van der Waals surface area contributed by atoms with Gasteiger partial charge in [-0.3, -0.25) is 24.2 Å². The number of benzene rings is 1. The number of carbonyl (C=O) groups excluding carboxylic acids is 2. The number of carbonyl (C=O) groups is 3. The summed E-state index contributed by atoms with van der Waals surface area (Å²) in [5, 5.41) is 9.87. The van der Waals surface area contributed by atoms with Crippen molar-refractivity contribution in [3.8, 4) is 0 Å². The second-order valence-electron chi connectivity index (χ2n) is 7.90. The lowest BCUT2D eigenvalue weighted by Crippen LogP contribution is -2.43. The zero-order valence-electron chi connectivity index (χ0n) is 17.8. The first-order valence-electron chi connectivity index (χ1n) is 10.3. The van der Waals surface area contributed by atoms with Gasteiger partial charge in [-0.25, -0.2) is 0 Å². The van der Waals surface area contributed by atoms with E-state index in [1.807, 2.05) is 30.3 Å². The van der Waals surface area contributed by atoms with Crippen LogP contribution in [0.5, 0.6) is 0 Å². The number of anilines is 1. The molecule has 2 atom stereocenters. The van der Waals surface area contributed by atoms with Crippen LogP contribution in [0.1, 0.15) is 39.6 Å². The van der Waals surface area contributed by atoms with Gasteiger partial charge in [0.1, 0.15) is 11.0 Å². The molecule has 2 amide bonds. The molecule has 0 radical (unpaired) electrons. The van der Waals surface area contributed by atoms with Crippen LogP contribution < -0.4 is 10.9 Å². The standard InChI is InChI=1S/C23H20N4O3.CH2O2/c1-14-8-9-16(20(28)25-14)21(29)27-12-10-23(19(27)15-5-4-11-24-13-15)17-6-2-3-7-18(17)26-22(23)30;2-1-3/h2-9,11,13,19H,10,12H2,1H3,(H,25,28)(H,26,30);1H,(H,2,3). The molecule has 5 rings (SSSR count). The van der Waals surface area contributed by atoms with Crippen LogP contribution in [0.25, 0.3) is 0 Å². The van der Waals surface area contributed by atoms with E-state index in [1.165, 1.54) is 0 Å². The molecule has 1 saturated heterocycles. The lowest BCUT2D eigenvalue weighted by Gasteiger charge is -2.34. The Balaban J connectivity index is 0.000000821. The number of hydrogen-bond acceptors (Lipinski definition) is 5. The van der Waals surface area contributed by atoms with E-state index in [1.54, 1.807) is 42.4 Å². The number of carboxylic acid groups (broad SMARTS) is 1. The van der Waals surface area contributed by atoms with Crippen molar-refractivity contribution in [2.75, 3.05) is 11.9 Å². The molecule has 1 fully saturated rings. The molecule has 1 spiro atoms. The minimum absolute atomic E-state index is 0.0678. The Labute approximate surface area is 189 Å². The number of para-hydroxylation sites is 1. The summed E-state index contributed by atoms with van der Waals surface area (Å²) in [7, 11) is 0. The Bertz CT molecular complexity index is 1270. The number of aryl methyl sites for hydroxylation is 1. The minimum atomic E-state index is -0.924. The molecule has 3 aromatic rings. The molecule has 2 aliphatic heterocycles. The van der Waals surface area contributed by atoms with Crippen LogP contribution in [0, 0.1) is 6.92 Å². The maximum absolute atomic E-state index is 13.5. The van der Waals surface area contributed by atoms with E-state index in [4.69, 9.17) is 9.90 Å². The molecule has 2 aromatic heterocycles. The van der Waals surface area contributed by atoms with Crippen LogP contribution in [0.15, 0.2) is 65.7 Å². The summed E-state index contributed by atoms with van der Waals surface area (Å²) in [4.78, 5) is 56.2. The first kappa shape index (κ1) is 21.9. The van der Waals surface area contributed by atoms with E-state index in [0.29, 0.717) is 18.7 Å². The van der Waals surface area contributed by atoms with Gasteiger partial charge in [0.05, 0.1) is 6.04 Å². The summed E-state index contributed by atoms with van der Waals surface area (Å²) >= 11 is 0. The van der Waals surface area contributed by atoms with Crippen LogP contribution in [-0.2, 0) is 15.0 Å². The summed E-state index contributed by atoms with van der Waals surface area (Å²) in [5.41, 5.74) is 1.80. The van der Waals surface area contributed by atoms with Gasteiger partial charge >= 0.3 is 0 Å². The SMILES string of the molecule is Cc1ccc(C(=O)N2CCC3(C(=O)Nc4ccccc43)C2c2cccnc2)c(=O)[nH]1.O=CO. The van der Waals surface area contributed by atoms with Crippen molar-refractivity contribution in [3.05, 3.63) is 93.7 Å². The molecule has 0 aliphatic carbocycles. The molecule has 9 nitrogen and oxygen atoms in total. The maximum Gasteiger partial charge on any atom is 0.290 e. The van der Waals surface area contributed by atoms with Gasteiger partial charge in [0.25, 0.3) is 17.9 Å². The second-order valence-corrected chi connectivity index (χ2v) is 7.90. The van der Waals surface area contributed by atoms with Crippen LogP contribution in [0.2, 0.25) is 0 Å². The molecule has 3 N–H and O–H groups in total.